The van der Waals surface area contributed by atoms with Crippen LogP contribution in [0.2, 0.25) is 0 Å². The topological polar surface area (TPSA) is 47.3 Å². The Hall–Kier alpha value is -1.53. The van der Waals surface area contributed by atoms with E-state index in [-0.39, 0.29) is 6.61 Å². The Kier molecular flexibility index (Phi) is 3.44. The van der Waals surface area contributed by atoms with Gasteiger partial charge < -0.3 is 10.0 Å². The zero-order chi connectivity index (χ0) is 13.2. The first-order valence-electron chi connectivity index (χ1n) is 7.24. The maximum absolute atomic E-state index is 9.34. The predicted octanol–water partition coefficient (Wildman–Crippen LogP) is 2.82. The van der Waals surface area contributed by atoms with Gasteiger partial charge in [-0.15, -0.1) is 0 Å². The summed E-state index contributed by atoms with van der Waals surface area (Å²) in [5, 5.41) is 18.5. The van der Waals surface area contributed by atoms with E-state index in [2.05, 4.69) is 11.0 Å². The van der Waals surface area contributed by atoms with E-state index < -0.39 is 0 Å². The van der Waals surface area contributed by atoms with Crippen LogP contribution in [-0.4, -0.2) is 17.7 Å². The lowest BCUT2D eigenvalue weighted by Gasteiger charge is -2.33. The Morgan fingerprint density at radius 3 is 2.89 bits per heavy atom. The second-order valence-corrected chi connectivity index (χ2v) is 5.72. The van der Waals surface area contributed by atoms with Gasteiger partial charge in [-0.1, -0.05) is 18.9 Å². The highest BCUT2D eigenvalue weighted by Gasteiger charge is 2.36. The molecule has 2 atom stereocenters. The van der Waals surface area contributed by atoms with Gasteiger partial charge in [0.25, 0.3) is 0 Å². The molecule has 100 valence electrons. The minimum atomic E-state index is 0.00101. The van der Waals surface area contributed by atoms with Crippen molar-refractivity contribution in [3.8, 4) is 6.07 Å². The number of nitriles is 1. The van der Waals surface area contributed by atoms with Gasteiger partial charge in [0.2, 0.25) is 0 Å². The highest BCUT2D eigenvalue weighted by atomic mass is 16.3. The number of fused-ring (bicyclic) bond motifs is 1. The summed E-state index contributed by atoms with van der Waals surface area (Å²) in [6.45, 7) is 1.07. The first kappa shape index (κ1) is 12.5. The highest BCUT2D eigenvalue weighted by molar-refractivity contribution is 5.61. The number of nitrogens with zero attached hydrogens (tertiary/aromatic N) is 2. The van der Waals surface area contributed by atoms with Crippen LogP contribution < -0.4 is 4.90 Å². The number of hydrogen-bond acceptors (Lipinski definition) is 3. The molecule has 1 aromatic rings. The summed E-state index contributed by atoms with van der Waals surface area (Å²) in [5.74, 6) is 0.817. The average Bonchev–Trinajstić information content (AvgIpc) is 2.90. The molecule has 2 aliphatic rings. The minimum Gasteiger partial charge on any atom is -0.392 e. The first-order valence-corrected chi connectivity index (χ1v) is 7.24. The Bertz CT molecular complexity index is 506. The molecule has 1 saturated heterocycles. The molecule has 0 bridgehead atoms. The van der Waals surface area contributed by atoms with Gasteiger partial charge in [0, 0.05) is 12.6 Å². The molecule has 1 aliphatic heterocycles. The molecule has 1 saturated carbocycles. The summed E-state index contributed by atoms with van der Waals surface area (Å²) < 4.78 is 0. The molecule has 0 aromatic heterocycles. The van der Waals surface area contributed by atoms with Crippen LogP contribution in [0.15, 0.2) is 18.2 Å². The number of aliphatic hydroxyl groups excluding tert-OH is 1. The third-order valence-electron chi connectivity index (χ3n) is 4.68. The van der Waals surface area contributed by atoms with E-state index in [1.807, 2.05) is 18.2 Å². The molecule has 2 fully saturated rings. The number of rotatable bonds is 2. The van der Waals surface area contributed by atoms with Gasteiger partial charge in [0.05, 0.1) is 17.9 Å². The van der Waals surface area contributed by atoms with Crippen LogP contribution in [0.25, 0.3) is 0 Å². The highest BCUT2D eigenvalue weighted by Crippen LogP contribution is 2.39. The average molecular weight is 256 g/mol. The van der Waals surface area contributed by atoms with Crippen molar-refractivity contribution in [2.75, 3.05) is 11.4 Å². The molecule has 1 heterocycles. The van der Waals surface area contributed by atoms with Crippen LogP contribution in [0.1, 0.15) is 43.2 Å². The Labute approximate surface area is 114 Å². The SMILES string of the molecule is N#Cc1cc(CO)ccc1N1CCC2CCCCC21. The first-order chi connectivity index (χ1) is 9.33. The molecule has 0 amide bonds. The van der Waals surface area contributed by atoms with Crippen LogP contribution in [-0.2, 0) is 6.61 Å². The molecule has 1 N–H and O–H groups in total. The van der Waals surface area contributed by atoms with Crippen molar-refractivity contribution in [2.24, 2.45) is 5.92 Å². The van der Waals surface area contributed by atoms with Crippen molar-refractivity contribution in [1.82, 2.24) is 0 Å². The molecular weight excluding hydrogens is 236 g/mol. The largest absolute Gasteiger partial charge is 0.392 e. The van der Waals surface area contributed by atoms with Gasteiger partial charge >= 0.3 is 0 Å². The number of hydrogen-bond donors (Lipinski definition) is 1. The summed E-state index contributed by atoms with van der Waals surface area (Å²) in [6.07, 6.45) is 6.55. The Morgan fingerprint density at radius 1 is 1.26 bits per heavy atom. The van der Waals surface area contributed by atoms with Crippen molar-refractivity contribution in [3.05, 3.63) is 29.3 Å². The molecule has 1 aliphatic carbocycles. The zero-order valence-corrected chi connectivity index (χ0v) is 11.2. The second kappa shape index (κ2) is 5.22. The predicted molar refractivity (Wildman–Crippen MR) is 74.8 cm³/mol. The molecule has 3 rings (SSSR count). The summed E-state index contributed by atoms with van der Waals surface area (Å²) in [7, 11) is 0. The van der Waals surface area contributed by atoms with E-state index in [0.717, 1.165) is 23.7 Å². The molecule has 0 spiro atoms. The lowest BCUT2D eigenvalue weighted by molar-refractivity contribution is 0.282. The maximum atomic E-state index is 9.34. The van der Waals surface area contributed by atoms with E-state index in [9.17, 15) is 10.4 Å². The quantitative estimate of drug-likeness (QED) is 0.885. The minimum absolute atomic E-state index is 0.00101. The van der Waals surface area contributed by atoms with Gasteiger partial charge in [-0.25, -0.2) is 0 Å². The molecule has 3 heteroatoms. The fraction of sp³-hybridized carbons (Fsp3) is 0.562. The lowest BCUT2D eigenvalue weighted by Crippen LogP contribution is -2.35. The molecule has 3 nitrogen and oxygen atoms in total. The van der Waals surface area contributed by atoms with Crippen molar-refractivity contribution in [2.45, 2.75) is 44.8 Å². The van der Waals surface area contributed by atoms with Gasteiger partial charge in [0.1, 0.15) is 6.07 Å². The standard InChI is InChI=1S/C16H20N2O/c17-10-14-9-12(11-19)5-6-16(14)18-8-7-13-3-1-2-4-15(13)18/h5-6,9,13,15,19H,1-4,7-8,11H2. The number of anilines is 1. The molecular formula is C16H20N2O. The summed E-state index contributed by atoms with van der Waals surface area (Å²) >= 11 is 0. The van der Waals surface area contributed by atoms with Gasteiger partial charge in [-0.05, 0) is 42.9 Å². The number of aliphatic hydroxyl groups is 1. The van der Waals surface area contributed by atoms with Crippen LogP contribution in [0.5, 0.6) is 0 Å². The Morgan fingerprint density at radius 2 is 2.11 bits per heavy atom. The maximum Gasteiger partial charge on any atom is 0.101 e. The fourth-order valence-corrected chi connectivity index (χ4v) is 3.73. The molecule has 2 unspecified atom stereocenters. The van der Waals surface area contributed by atoms with E-state index in [0.29, 0.717) is 11.6 Å². The van der Waals surface area contributed by atoms with E-state index >= 15 is 0 Å². The van der Waals surface area contributed by atoms with Crippen molar-refractivity contribution < 1.29 is 5.11 Å². The Balaban J connectivity index is 1.92. The summed E-state index contributed by atoms with van der Waals surface area (Å²) in [6, 6.07) is 8.69. The van der Waals surface area contributed by atoms with Gasteiger partial charge in [-0.3, -0.25) is 0 Å². The smallest absolute Gasteiger partial charge is 0.101 e. The molecule has 1 aromatic carbocycles. The summed E-state index contributed by atoms with van der Waals surface area (Å²) in [4.78, 5) is 2.43. The van der Waals surface area contributed by atoms with Crippen LogP contribution in [0.4, 0.5) is 5.69 Å². The normalized spacial score (nSPS) is 26.0. The molecule has 0 radical (unpaired) electrons. The third kappa shape index (κ3) is 2.21. The van der Waals surface area contributed by atoms with Gasteiger partial charge in [-0.2, -0.15) is 5.26 Å². The fourth-order valence-electron chi connectivity index (χ4n) is 3.73. The van der Waals surface area contributed by atoms with Crippen molar-refractivity contribution >= 4 is 5.69 Å². The van der Waals surface area contributed by atoms with Crippen LogP contribution >= 0.6 is 0 Å². The summed E-state index contributed by atoms with van der Waals surface area (Å²) in [5.41, 5.74) is 2.59. The monoisotopic (exact) mass is 256 g/mol. The van der Waals surface area contributed by atoms with Crippen molar-refractivity contribution in [1.29, 1.82) is 5.26 Å². The van der Waals surface area contributed by atoms with E-state index in [1.54, 1.807) is 0 Å². The van der Waals surface area contributed by atoms with Crippen LogP contribution in [0, 0.1) is 17.2 Å². The number of benzene rings is 1. The third-order valence-corrected chi connectivity index (χ3v) is 4.68. The second-order valence-electron chi connectivity index (χ2n) is 5.72. The zero-order valence-electron chi connectivity index (χ0n) is 11.2. The van der Waals surface area contributed by atoms with E-state index in [4.69, 9.17) is 0 Å². The molecule has 19 heavy (non-hydrogen) atoms. The van der Waals surface area contributed by atoms with Crippen molar-refractivity contribution in [3.63, 3.8) is 0 Å². The lowest BCUT2D eigenvalue weighted by atomic mass is 9.85. The van der Waals surface area contributed by atoms with E-state index in [1.165, 1.54) is 32.1 Å². The van der Waals surface area contributed by atoms with Gasteiger partial charge in [0.15, 0.2) is 0 Å². The van der Waals surface area contributed by atoms with Crippen LogP contribution in [0.3, 0.4) is 0 Å².